The van der Waals surface area contributed by atoms with Crippen LogP contribution in [0.1, 0.15) is 61.0 Å². The summed E-state index contributed by atoms with van der Waals surface area (Å²) in [4.78, 5) is 10.6. The van der Waals surface area contributed by atoms with Crippen LogP contribution in [0.3, 0.4) is 0 Å². The highest BCUT2D eigenvalue weighted by atomic mass is 19.4. The maximum Gasteiger partial charge on any atom is 0.417 e. The Morgan fingerprint density at radius 1 is 1.24 bits per heavy atom. The summed E-state index contributed by atoms with van der Waals surface area (Å²) >= 11 is 0. The first-order valence-electron chi connectivity index (χ1n) is 9.81. The Morgan fingerprint density at radius 2 is 2.00 bits per heavy atom. The first-order chi connectivity index (χ1) is 13.8. The van der Waals surface area contributed by atoms with Crippen LogP contribution in [0.25, 0.3) is 11.1 Å². The fourth-order valence-corrected chi connectivity index (χ4v) is 3.96. The van der Waals surface area contributed by atoms with Gasteiger partial charge in [0.1, 0.15) is 0 Å². The predicted octanol–water partition coefficient (Wildman–Crippen LogP) is 5.14. The maximum absolute atomic E-state index is 13.8. The molecule has 0 bridgehead atoms. The summed E-state index contributed by atoms with van der Waals surface area (Å²) in [5, 5.41) is 4.07. The molecule has 4 heterocycles. The molecule has 0 amide bonds. The molecule has 1 saturated heterocycles. The van der Waals surface area contributed by atoms with Crippen molar-refractivity contribution in [3.05, 3.63) is 53.1 Å². The molecule has 0 radical (unpaired) electrons. The summed E-state index contributed by atoms with van der Waals surface area (Å²) in [7, 11) is 0. The molecule has 0 spiro atoms. The molecular formula is C21H23F3N4O. The number of rotatable bonds is 4. The lowest BCUT2D eigenvalue weighted by Gasteiger charge is -2.32. The van der Waals surface area contributed by atoms with E-state index in [1.807, 2.05) is 26.0 Å². The van der Waals surface area contributed by atoms with Crippen LogP contribution in [0.15, 0.2) is 35.1 Å². The smallest absolute Gasteiger partial charge is 0.336 e. The number of fused-ring (bicyclic) bond motifs is 1. The zero-order chi connectivity index (χ0) is 20.6. The molecule has 29 heavy (non-hydrogen) atoms. The quantitative estimate of drug-likeness (QED) is 0.603. The monoisotopic (exact) mass is 404 g/mol. The van der Waals surface area contributed by atoms with Crippen molar-refractivity contribution >= 4 is 11.1 Å². The lowest BCUT2D eigenvalue weighted by atomic mass is 9.91. The Morgan fingerprint density at radius 3 is 2.69 bits per heavy atom. The second kappa shape index (κ2) is 7.74. The highest BCUT2D eigenvalue weighted by molar-refractivity contribution is 5.81. The van der Waals surface area contributed by atoms with Gasteiger partial charge in [-0.2, -0.15) is 13.2 Å². The third-order valence-corrected chi connectivity index (χ3v) is 5.44. The Labute approximate surface area is 166 Å². The minimum atomic E-state index is -4.49. The van der Waals surface area contributed by atoms with Crippen molar-refractivity contribution in [2.45, 2.75) is 51.2 Å². The topological polar surface area (TPSA) is 55.1 Å². The van der Waals surface area contributed by atoms with Crippen molar-refractivity contribution in [1.82, 2.24) is 20.0 Å². The molecule has 1 atom stereocenters. The molecule has 1 fully saturated rings. The van der Waals surface area contributed by atoms with Gasteiger partial charge in [-0.3, -0.25) is 9.88 Å². The standard InChI is InChI=1S/C21H23F3N4O/c1-13(2)17-10-16(21(22,23)24)18-19(27-29-20(18)26-17)15-4-3-9-28(12-15)11-14-5-7-25-8-6-14/h5-8,10,13,15H,3-4,9,11-12H2,1-2H3/t15-/m1/s1. The molecule has 0 aromatic carbocycles. The molecule has 3 aromatic heterocycles. The highest BCUT2D eigenvalue weighted by Crippen LogP contribution is 2.40. The molecule has 8 heteroatoms. The van der Waals surface area contributed by atoms with Gasteiger partial charge in [0.25, 0.3) is 5.71 Å². The summed E-state index contributed by atoms with van der Waals surface area (Å²) < 4.78 is 46.8. The number of hydrogen-bond donors (Lipinski definition) is 0. The van der Waals surface area contributed by atoms with Gasteiger partial charge in [-0.15, -0.1) is 0 Å². The average Bonchev–Trinajstić information content (AvgIpc) is 3.11. The van der Waals surface area contributed by atoms with Crippen LogP contribution in [0.5, 0.6) is 0 Å². The zero-order valence-electron chi connectivity index (χ0n) is 16.4. The van der Waals surface area contributed by atoms with Crippen molar-refractivity contribution in [3.63, 3.8) is 0 Å². The van der Waals surface area contributed by atoms with Crippen LogP contribution in [-0.2, 0) is 12.7 Å². The third-order valence-electron chi connectivity index (χ3n) is 5.44. The Hall–Kier alpha value is -2.48. The summed E-state index contributed by atoms with van der Waals surface area (Å²) in [6.07, 6.45) is 0.669. The summed E-state index contributed by atoms with van der Waals surface area (Å²) in [6, 6.07) is 5.05. The van der Waals surface area contributed by atoms with Crippen LogP contribution in [0.2, 0.25) is 0 Å². The van der Waals surface area contributed by atoms with Gasteiger partial charge in [0, 0.05) is 37.1 Å². The minimum absolute atomic E-state index is 0.0117. The number of likely N-dealkylation sites (tertiary alicyclic amines) is 1. The van der Waals surface area contributed by atoms with Gasteiger partial charge in [-0.1, -0.05) is 19.0 Å². The summed E-state index contributed by atoms with van der Waals surface area (Å²) in [5.74, 6) is -0.265. The number of piperidine rings is 1. The van der Waals surface area contributed by atoms with Gasteiger partial charge >= 0.3 is 6.18 Å². The number of hydrogen-bond acceptors (Lipinski definition) is 5. The number of alkyl halides is 3. The van der Waals surface area contributed by atoms with E-state index in [4.69, 9.17) is 4.52 Å². The molecule has 1 aliphatic heterocycles. The molecule has 0 unspecified atom stereocenters. The van der Waals surface area contributed by atoms with Gasteiger partial charge in [0.15, 0.2) is 0 Å². The van der Waals surface area contributed by atoms with Crippen LogP contribution in [0, 0.1) is 0 Å². The van der Waals surface area contributed by atoms with Crippen molar-refractivity contribution < 1.29 is 17.7 Å². The second-order valence-electron chi connectivity index (χ2n) is 7.92. The molecule has 0 N–H and O–H groups in total. The maximum atomic E-state index is 13.8. The first kappa shape index (κ1) is 19.8. The van der Waals surface area contributed by atoms with Gasteiger partial charge in [-0.05, 0) is 49.1 Å². The van der Waals surface area contributed by atoms with E-state index in [9.17, 15) is 13.2 Å². The minimum Gasteiger partial charge on any atom is -0.336 e. The summed E-state index contributed by atoms with van der Waals surface area (Å²) in [5.41, 5.74) is 1.13. The molecule has 5 nitrogen and oxygen atoms in total. The van der Waals surface area contributed by atoms with E-state index in [0.717, 1.165) is 37.6 Å². The average molecular weight is 404 g/mol. The number of aromatic nitrogens is 3. The van der Waals surface area contributed by atoms with Crippen LogP contribution in [-0.4, -0.2) is 33.1 Å². The van der Waals surface area contributed by atoms with E-state index in [1.165, 1.54) is 0 Å². The fourth-order valence-electron chi connectivity index (χ4n) is 3.96. The Bertz CT molecular complexity index is 985. The fraction of sp³-hybridized carbons (Fsp3) is 0.476. The van der Waals surface area contributed by atoms with E-state index in [-0.39, 0.29) is 22.9 Å². The van der Waals surface area contributed by atoms with E-state index >= 15 is 0 Å². The molecule has 3 aromatic rings. The SMILES string of the molecule is CC(C)c1cc(C(F)(F)F)c2c([C@@H]3CCCN(Cc4ccncc4)C3)noc2n1. The lowest BCUT2D eigenvalue weighted by molar-refractivity contribution is -0.136. The van der Waals surface area contributed by atoms with E-state index in [1.54, 1.807) is 12.4 Å². The van der Waals surface area contributed by atoms with Crippen LogP contribution in [0.4, 0.5) is 13.2 Å². The van der Waals surface area contributed by atoms with Crippen molar-refractivity contribution in [2.75, 3.05) is 13.1 Å². The van der Waals surface area contributed by atoms with Gasteiger partial charge in [0.05, 0.1) is 16.6 Å². The zero-order valence-corrected chi connectivity index (χ0v) is 16.4. The molecule has 0 aliphatic carbocycles. The predicted molar refractivity (Wildman–Crippen MR) is 102 cm³/mol. The van der Waals surface area contributed by atoms with Gasteiger partial charge in [0.2, 0.25) is 0 Å². The van der Waals surface area contributed by atoms with Crippen LogP contribution >= 0.6 is 0 Å². The number of pyridine rings is 2. The van der Waals surface area contributed by atoms with E-state index in [0.29, 0.717) is 17.9 Å². The normalized spacial score (nSPS) is 18.6. The molecule has 4 rings (SSSR count). The summed E-state index contributed by atoms with van der Waals surface area (Å²) in [6.45, 7) is 5.88. The van der Waals surface area contributed by atoms with Gasteiger partial charge < -0.3 is 4.52 Å². The first-order valence-corrected chi connectivity index (χ1v) is 9.81. The van der Waals surface area contributed by atoms with Crippen molar-refractivity contribution in [2.24, 2.45) is 0 Å². The second-order valence-corrected chi connectivity index (χ2v) is 7.92. The lowest BCUT2D eigenvalue weighted by Crippen LogP contribution is -2.34. The van der Waals surface area contributed by atoms with E-state index < -0.39 is 11.7 Å². The van der Waals surface area contributed by atoms with Crippen molar-refractivity contribution in [3.8, 4) is 0 Å². The van der Waals surface area contributed by atoms with E-state index in [2.05, 4.69) is 20.0 Å². The molecule has 1 aliphatic rings. The number of halogens is 3. The van der Waals surface area contributed by atoms with Gasteiger partial charge in [-0.25, -0.2) is 4.98 Å². The molecule has 154 valence electrons. The third kappa shape index (κ3) is 4.12. The molecular weight excluding hydrogens is 381 g/mol. The molecule has 0 saturated carbocycles. The van der Waals surface area contributed by atoms with Crippen molar-refractivity contribution in [1.29, 1.82) is 0 Å². The number of nitrogens with zero attached hydrogens (tertiary/aromatic N) is 4. The highest BCUT2D eigenvalue weighted by Gasteiger charge is 2.38. The Kier molecular flexibility index (Phi) is 5.29. The van der Waals surface area contributed by atoms with Crippen LogP contribution < -0.4 is 0 Å². The Balaban J connectivity index is 1.68. The largest absolute Gasteiger partial charge is 0.417 e.